The first-order valence-electron chi connectivity index (χ1n) is 5.42. The molecule has 0 aliphatic rings. The number of halogens is 4. The highest BCUT2D eigenvalue weighted by Gasteiger charge is 2.31. The molecule has 1 heterocycles. The first kappa shape index (κ1) is 14.6. The zero-order chi connectivity index (χ0) is 14.8. The number of nitrogens with one attached hydrogen (secondary N) is 1. The van der Waals surface area contributed by atoms with Crippen LogP contribution in [0, 0.1) is 0 Å². The summed E-state index contributed by atoms with van der Waals surface area (Å²) in [6.45, 7) is 0.0675. The fraction of sp³-hybridized carbons (Fsp3) is 0.167. The summed E-state index contributed by atoms with van der Waals surface area (Å²) in [4.78, 5) is 11.9. The van der Waals surface area contributed by atoms with Gasteiger partial charge in [-0.2, -0.15) is 13.2 Å². The van der Waals surface area contributed by atoms with Crippen molar-refractivity contribution in [2.45, 2.75) is 12.7 Å². The zero-order valence-corrected chi connectivity index (χ0v) is 11.5. The standard InChI is InChI=1S/C12H8BrF3N2O2/c13-10-2-1-7(12(14,15)16)5-9(10)11(19)17-6-8-3-4-20-18-8/h1-5H,6H2,(H,17,19). The first-order valence-corrected chi connectivity index (χ1v) is 6.21. The van der Waals surface area contributed by atoms with Crippen LogP contribution >= 0.6 is 15.9 Å². The van der Waals surface area contributed by atoms with Crippen LogP contribution in [0.5, 0.6) is 0 Å². The average Bonchev–Trinajstić information content (AvgIpc) is 2.88. The Hall–Kier alpha value is -1.83. The van der Waals surface area contributed by atoms with Crippen LogP contribution in [-0.2, 0) is 12.7 Å². The van der Waals surface area contributed by atoms with Crippen molar-refractivity contribution in [2.75, 3.05) is 0 Å². The monoisotopic (exact) mass is 348 g/mol. The highest BCUT2D eigenvalue weighted by Crippen LogP contribution is 2.31. The Morgan fingerprint density at radius 3 is 2.70 bits per heavy atom. The molecular weight excluding hydrogens is 341 g/mol. The van der Waals surface area contributed by atoms with Gasteiger partial charge in [-0.25, -0.2) is 0 Å². The van der Waals surface area contributed by atoms with E-state index in [1.54, 1.807) is 6.07 Å². The summed E-state index contributed by atoms with van der Waals surface area (Å²) in [6, 6.07) is 4.43. The number of amides is 1. The molecule has 0 bridgehead atoms. The highest BCUT2D eigenvalue weighted by atomic mass is 79.9. The van der Waals surface area contributed by atoms with E-state index in [2.05, 4.69) is 30.9 Å². The highest BCUT2D eigenvalue weighted by molar-refractivity contribution is 9.10. The molecule has 0 atom stereocenters. The van der Waals surface area contributed by atoms with Crippen molar-refractivity contribution in [3.8, 4) is 0 Å². The summed E-state index contributed by atoms with van der Waals surface area (Å²) >= 11 is 3.05. The molecule has 1 aromatic carbocycles. The Labute approximate surface area is 120 Å². The molecule has 8 heteroatoms. The van der Waals surface area contributed by atoms with E-state index in [9.17, 15) is 18.0 Å². The Balaban J connectivity index is 2.16. The van der Waals surface area contributed by atoms with Crippen molar-refractivity contribution in [3.63, 3.8) is 0 Å². The van der Waals surface area contributed by atoms with Crippen LogP contribution in [0.1, 0.15) is 21.6 Å². The Morgan fingerprint density at radius 2 is 2.10 bits per heavy atom. The van der Waals surface area contributed by atoms with Gasteiger partial charge in [0.2, 0.25) is 0 Å². The minimum atomic E-state index is -4.50. The van der Waals surface area contributed by atoms with E-state index >= 15 is 0 Å². The number of hydrogen-bond acceptors (Lipinski definition) is 3. The van der Waals surface area contributed by atoms with Crippen LogP contribution in [0.4, 0.5) is 13.2 Å². The van der Waals surface area contributed by atoms with E-state index in [1.807, 2.05) is 0 Å². The second kappa shape index (κ2) is 5.66. The molecule has 2 rings (SSSR count). The molecule has 1 N–H and O–H groups in total. The summed E-state index contributed by atoms with van der Waals surface area (Å²) < 4.78 is 42.7. The summed E-state index contributed by atoms with van der Waals surface area (Å²) in [5.74, 6) is -0.633. The number of carbonyl (C=O) groups is 1. The molecule has 0 radical (unpaired) electrons. The molecule has 20 heavy (non-hydrogen) atoms. The van der Waals surface area contributed by atoms with Crippen LogP contribution < -0.4 is 5.32 Å². The van der Waals surface area contributed by atoms with Crippen molar-refractivity contribution < 1.29 is 22.5 Å². The molecule has 0 unspecified atom stereocenters. The lowest BCUT2D eigenvalue weighted by atomic mass is 10.1. The fourth-order valence-electron chi connectivity index (χ4n) is 1.47. The summed E-state index contributed by atoms with van der Waals surface area (Å²) in [6.07, 6.45) is -3.16. The van der Waals surface area contributed by atoms with Gasteiger partial charge in [0.15, 0.2) is 0 Å². The number of carbonyl (C=O) groups excluding carboxylic acids is 1. The minimum Gasteiger partial charge on any atom is -0.364 e. The number of hydrogen-bond donors (Lipinski definition) is 1. The third kappa shape index (κ3) is 3.38. The predicted molar refractivity (Wildman–Crippen MR) is 66.8 cm³/mol. The van der Waals surface area contributed by atoms with E-state index in [0.717, 1.165) is 12.1 Å². The van der Waals surface area contributed by atoms with Crippen LogP contribution in [0.3, 0.4) is 0 Å². The van der Waals surface area contributed by atoms with Gasteiger partial charge >= 0.3 is 6.18 Å². The van der Waals surface area contributed by atoms with Gasteiger partial charge in [-0.15, -0.1) is 0 Å². The largest absolute Gasteiger partial charge is 0.416 e. The fourth-order valence-corrected chi connectivity index (χ4v) is 1.90. The quantitative estimate of drug-likeness (QED) is 0.924. The molecule has 1 aromatic heterocycles. The lowest BCUT2D eigenvalue weighted by Crippen LogP contribution is -2.24. The zero-order valence-electron chi connectivity index (χ0n) is 9.87. The van der Waals surface area contributed by atoms with Crippen LogP contribution in [0.15, 0.2) is 39.5 Å². The van der Waals surface area contributed by atoms with Crippen LogP contribution in [0.2, 0.25) is 0 Å². The third-order valence-electron chi connectivity index (χ3n) is 2.46. The maximum Gasteiger partial charge on any atom is 0.416 e. The predicted octanol–water partition coefficient (Wildman–Crippen LogP) is 3.39. The Kier molecular flexibility index (Phi) is 4.12. The van der Waals surface area contributed by atoms with Crippen molar-refractivity contribution in [1.29, 1.82) is 0 Å². The van der Waals surface area contributed by atoms with E-state index in [0.29, 0.717) is 5.69 Å². The van der Waals surface area contributed by atoms with Gasteiger partial charge in [0.25, 0.3) is 5.91 Å². The number of alkyl halides is 3. The molecule has 0 saturated carbocycles. The van der Waals surface area contributed by atoms with E-state index in [4.69, 9.17) is 0 Å². The summed E-state index contributed by atoms with van der Waals surface area (Å²) in [7, 11) is 0. The van der Waals surface area contributed by atoms with Gasteiger partial charge in [0.05, 0.1) is 17.7 Å². The molecule has 0 saturated heterocycles. The maximum atomic E-state index is 12.6. The summed E-state index contributed by atoms with van der Waals surface area (Å²) in [5, 5.41) is 6.04. The van der Waals surface area contributed by atoms with Crippen molar-refractivity contribution in [2.24, 2.45) is 0 Å². The normalized spacial score (nSPS) is 11.4. The molecule has 1 amide bonds. The lowest BCUT2D eigenvalue weighted by molar-refractivity contribution is -0.137. The minimum absolute atomic E-state index is 0.0675. The Morgan fingerprint density at radius 1 is 1.35 bits per heavy atom. The van der Waals surface area contributed by atoms with Gasteiger partial charge < -0.3 is 9.84 Å². The molecule has 4 nitrogen and oxygen atoms in total. The number of nitrogens with zero attached hydrogens (tertiary/aromatic N) is 1. The average molecular weight is 349 g/mol. The number of rotatable bonds is 3. The first-order chi connectivity index (χ1) is 9.38. The van der Waals surface area contributed by atoms with E-state index in [1.165, 1.54) is 12.3 Å². The van der Waals surface area contributed by atoms with E-state index < -0.39 is 17.6 Å². The molecule has 0 aliphatic carbocycles. The number of benzene rings is 1. The van der Waals surface area contributed by atoms with Crippen molar-refractivity contribution in [3.05, 3.63) is 51.8 Å². The van der Waals surface area contributed by atoms with Gasteiger partial charge in [0.1, 0.15) is 12.0 Å². The van der Waals surface area contributed by atoms with Crippen molar-refractivity contribution in [1.82, 2.24) is 10.5 Å². The van der Waals surface area contributed by atoms with Crippen molar-refractivity contribution >= 4 is 21.8 Å². The van der Waals surface area contributed by atoms with Gasteiger partial charge in [-0.3, -0.25) is 4.79 Å². The van der Waals surface area contributed by atoms with Crippen LogP contribution in [0.25, 0.3) is 0 Å². The van der Waals surface area contributed by atoms with Crippen LogP contribution in [-0.4, -0.2) is 11.1 Å². The maximum absolute atomic E-state index is 12.6. The second-order valence-electron chi connectivity index (χ2n) is 3.87. The third-order valence-corrected chi connectivity index (χ3v) is 3.15. The topological polar surface area (TPSA) is 55.1 Å². The SMILES string of the molecule is O=C(NCc1ccon1)c1cc(C(F)(F)F)ccc1Br. The molecule has 2 aromatic rings. The lowest BCUT2D eigenvalue weighted by Gasteiger charge is -2.10. The van der Waals surface area contributed by atoms with Gasteiger partial charge in [-0.1, -0.05) is 5.16 Å². The van der Waals surface area contributed by atoms with E-state index in [-0.39, 0.29) is 16.6 Å². The number of aromatic nitrogens is 1. The molecule has 0 spiro atoms. The smallest absolute Gasteiger partial charge is 0.364 e. The second-order valence-corrected chi connectivity index (χ2v) is 4.72. The molecule has 0 aliphatic heterocycles. The molecule has 0 fully saturated rings. The van der Waals surface area contributed by atoms with Gasteiger partial charge in [0, 0.05) is 10.5 Å². The molecule has 106 valence electrons. The van der Waals surface area contributed by atoms with Gasteiger partial charge in [-0.05, 0) is 34.1 Å². The molecular formula is C12H8BrF3N2O2. The summed E-state index contributed by atoms with van der Waals surface area (Å²) in [5.41, 5.74) is -0.503. The Bertz CT molecular complexity index is 612.